The Kier molecular flexibility index (Phi) is 4.45. The molecule has 0 aliphatic heterocycles. The lowest BCUT2D eigenvalue weighted by molar-refractivity contribution is -0.140. The van der Waals surface area contributed by atoms with E-state index in [1.807, 2.05) is 0 Å². The van der Waals surface area contributed by atoms with E-state index < -0.39 is 17.9 Å². The van der Waals surface area contributed by atoms with Crippen molar-refractivity contribution in [2.24, 2.45) is 5.92 Å². The summed E-state index contributed by atoms with van der Waals surface area (Å²) in [7, 11) is 0. The Morgan fingerprint density at radius 2 is 2.12 bits per heavy atom. The Morgan fingerprint density at radius 3 is 2.59 bits per heavy atom. The van der Waals surface area contributed by atoms with Crippen LogP contribution in [0.1, 0.15) is 24.2 Å². The fourth-order valence-electron chi connectivity index (χ4n) is 1.29. The molecular weight excluding hydrogens is 244 g/mol. The lowest BCUT2D eigenvalue weighted by Crippen LogP contribution is -2.44. The number of hydrogen-bond acceptors (Lipinski definition) is 3. The molecule has 0 saturated carbocycles. The first kappa shape index (κ1) is 13.4. The highest BCUT2D eigenvalue weighted by atomic mass is 35.5. The Balaban J connectivity index is 2.85. The molecule has 0 radical (unpaired) electrons. The molecule has 0 aromatic carbocycles. The number of rotatable bonds is 4. The van der Waals surface area contributed by atoms with Gasteiger partial charge >= 0.3 is 5.97 Å². The summed E-state index contributed by atoms with van der Waals surface area (Å²) < 4.78 is 0. The maximum atomic E-state index is 11.8. The lowest BCUT2D eigenvalue weighted by atomic mass is 10.0. The number of aliphatic carboxylic acids is 1. The van der Waals surface area contributed by atoms with E-state index in [2.05, 4.69) is 10.3 Å². The van der Waals surface area contributed by atoms with Crippen LogP contribution in [0.3, 0.4) is 0 Å². The monoisotopic (exact) mass is 256 g/mol. The molecule has 0 aliphatic carbocycles. The summed E-state index contributed by atoms with van der Waals surface area (Å²) in [5.74, 6) is -1.80. The molecule has 1 amide bonds. The maximum absolute atomic E-state index is 11.8. The van der Waals surface area contributed by atoms with Crippen LogP contribution in [0.4, 0.5) is 0 Å². The van der Waals surface area contributed by atoms with Gasteiger partial charge in [-0.1, -0.05) is 25.4 Å². The van der Waals surface area contributed by atoms with Gasteiger partial charge < -0.3 is 10.4 Å². The molecule has 0 saturated heterocycles. The van der Waals surface area contributed by atoms with E-state index >= 15 is 0 Å². The van der Waals surface area contributed by atoms with Crippen LogP contribution in [0, 0.1) is 5.92 Å². The number of carbonyl (C=O) groups is 2. The predicted octanol–water partition coefficient (Wildman–Crippen LogP) is 1.57. The molecule has 5 nitrogen and oxygen atoms in total. The Morgan fingerprint density at radius 1 is 1.47 bits per heavy atom. The van der Waals surface area contributed by atoms with Crippen LogP contribution in [0.5, 0.6) is 0 Å². The molecule has 1 heterocycles. The van der Waals surface area contributed by atoms with Crippen LogP contribution in [0.15, 0.2) is 18.5 Å². The molecule has 0 fully saturated rings. The summed E-state index contributed by atoms with van der Waals surface area (Å²) in [6, 6.07) is 0.503. The molecule has 17 heavy (non-hydrogen) atoms. The fraction of sp³-hybridized carbons (Fsp3) is 0.364. The first-order valence-corrected chi connectivity index (χ1v) is 5.44. The molecule has 1 rings (SSSR count). The van der Waals surface area contributed by atoms with E-state index in [0.717, 1.165) is 0 Å². The summed E-state index contributed by atoms with van der Waals surface area (Å²) in [5, 5.41) is 11.6. The molecule has 92 valence electrons. The molecule has 1 aromatic heterocycles. The van der Waals surface area contributed by atoms with Crippen molar-refractivity contribution >= 4 is 23.5 Å². The highest BCUT2D eigenvalue weighted by Gasteiger charge is 2.24. The third-order valence-electron chi connectivity index (χ3n) is 2.24. The summed E-state index contributed by atoms with van der Waals surface area (Å²) in [5.41, 5.74) is 0.216. The van der Waals surface area contributed by atoms with Gasteiger partial charge in [0.25, 0.3) is 5.91 Å². The van der Waals surface area contributed by atoms with Crippen molar-refractivity contribution in [1.82, 2.24) is 10.3 Å². The number of carboxylic acid groups (broad SMARTS) is 1. The summed E-state index contributed by atoms with van der Waals surface area (Å²) >= 11 is 5.79. The first-order chi connectivity index (χ1) is 7.93. The van der Waals surface area contributed by atoms with Gasteiger partial charge in [0.15, 0.2) is 0 Å². The van der Waals surface area contributed by atoms with Gasteiger partial charge in [-0.2, -0.15) is 0 Å². The number of hydrogen-bond donors (Lipinski definition) is 2. The predicted molar refractivity (Wildman–Crippen MR) is 63.0 cm³/mol. The molecule has 6 heteroatoms. The number of aromatic nitrogens is 1. The molecule has 1 unspecified atom stereocenters. The van der Waals surface area contributed by atoms with Crippen molar-refractivity contribution in [2.45, 2.75) is 19.9 Å². The zero-order chi connectivity index (χ0) is 13.0. The number of halogens is 1. The largest absolute Gasteiger partial charge is 0.480 e. The minimum Gasteiger partial charge on any atom is -0.480 e. The van der Waals surface area contributed by atoms with E-state index in [-0.39, 0.29) is 16.5 Å². The van der Waals surface area contributed by atoms with Crippen molar-refractivity contribution in [2.75, 3.05) is 0 Å². The van der Waals surface area contributed by atoms with E-state index in [0.29, 0.717) is 0 Å². The molecule has 2 N–H and O–H groups in total. The number of amides is 1. The Labute approximate surface area is 104 Å². The number of pyridine rings is 1. The maximum Gasteiger partial charge on any atom is 0.326 e. The van der Waals surface area contributed by atoms with Gasteiger partial charge in [-0.3, -0.25) is 9.78 Å². The number of carboxylic acids is 1. The normalized spacial score (nSPS) is 12.2. The molecule has 0 bridgehead atoms. The zero-order valence-corrected chi connectivity index (χ0v) is 10.2. The Hall–Kier alpha value is -1.62. The van der Waals surface area contributed by atoms with Gasteiger partial charge in [0.2, 0.25) is 0 Å². The molecule has 1 atom stereocenters. The second-order valence-electron chi connectivity index (χ2n) is 3.89. The van der Waals surface area contributed by atoms with E-state index in [4.69, 9.17) is 16.7 Å². The third kappa shape index (κ3) is 3.42. The second-order valence-corrected chi connectivity index (χ2v) is 4.30. The van der Waals surface area contributed by atoms with Gasteiger partial charge in [0, 0.05) is 12.4 Å². The number of carbonyl (C=O) groups excluding carboxylic acids is 1. The van der Waals surface area contributed by atoms with E-state index in [1.165, 1.54) is 18.5 Å². The average molecular weight is 257 g/mol. The van der Waals surface area contributed by atoms with Gasteiger partial charge in [-0.05, 0) is 12.0 Å². The lowest BCUT2D eigenvalue weighted by Gasteiger charge is -2.18. The van der Waals surface area contributed by atoms with Crippen molar-refractivity contribution in [3.63, 3.8) is 0 Å². The van der Waals surface area contributed by atoms with Gasteiger partial charge in [0.05, 0.1) is 10.6 Å². The average Bonchev–Trinajstić information content (AvgIpc) is 2.25. The minimum atomic E-state index is -1.07. The molecule has 1 aromatic rings. The zero-order valence-electron chi connectivity index (χ0n) is 9.48. The van der Waals surface area contributed by atoms with Gasteiger partial charge in [0.1, 0.15) is 6.04 Å². The van der Waals surface area contributed by atoms with Gasteiger partial charge in [-0.25, -0.2) is 4.79 Å². The van der Waals surface area contributed by atoms with Crippen LogP contribution < -0.4 is 5.32 Å². The van der Waals surface area contributed by atoms with Crippen LogP contribution >= 0.6 is 11.6 Å². The summed E-state index contributed by atoms with van der Waals surface area (Å²) in [4.78, 5) is 26.5. The van der Waals surface area contributed by atoms with E-state index in [9.17, 15) is 9.59 Å². The molecule has 0 spiro atoms. The second kappa shape index (κ2) is 5.63. The van der Waals surface area contributed by atoms with E-state index in [1.54, 1.807) is 13.8 Å². The van der Waals surface area contributed by atoms with Crippen LogP contribution in [-0.4, -0.2) is 28.0 Å². The highest BCUT2D eigenvalue weighted by Crippen LogP contribution is 2.14. The van der Waals surface area contributed by atoms with Crippen LogP contribution in [0.25, 0.3) is 0 Å². The summed E-state index contributed by atoms with van der Waals surface area (Å²) in [6.45, 7) is 3.43. The summed E-state index contributed by atoms with van der Waals surface area (Å²) in [6.07, 6.45) is 2.76. The van der Waals surface area contributed by atoms with Crippen molar-refractivity contribution in [1.29, 1.82) is 0 Å². The quantitative estimate of drug-likeness (QED) is 0.857. The number of nitrogens with zero attached hydrogens (tertiary/aromatic N) is 1. The van der Waals surface area contributed by atoms with Crippen LogP contribution in [-0.2, 0) is 4.79 Å². The highest BCUT2D eigenvalue weighted by molar-refractivity contribution is 6.33. The first-order valence-electron chi connectivity index (χ1n) is 5.06. The minimum absolute atomic E-state index is 0.192. The van der Waals surface area contributed by atoms with Crippen LogP contribution in [0.2, 0.25) is 5.02 Å². The smallest absolute Gasteiger partial charge is 0.326 e. The van der Waals surface area contributed by atoms with Gasteiger partial charge in [-0.15, -0.1) is 0 Å². The van der Waals surface area contributed by atoms with Crippen molar-refractivity contribution in [3.05, 3.63) is 29.0 Å². The molecule has 0 aliphatic rings. The topological polar surface area (TPSA) is 79.3 Å². The SMILES string of the molecule is CC(C)C(NC(=O)c1ccncc1Cl)C(=O)O. The number of nitrogens with one attached hydrogen (secondary N) is 1. The third-order valence-corrected chi connectivity index (χ3v) is 2.54. The molecular formula is C11H13ClN2O3. The standard InChI is InChI=1S/C11H13ClN2O3/c1-6(2)9(11(16)17)14-10(15)7-3-4-13-5-8(7)12/h3-6,9H,1-2H3,(H,14,15)(H,16,17). The Bertz CT molecular complexity index is 434. The van der Waals surface area contributed by atoms with Crippen molar-refractivity contribution < 1.29 is 14.7 Å². The fourth-order valence-corrected chi connectivity index (χ4v) is 1.50. The van der Waals surface area contributed by atoms with Crippen molar-refractivity contribution in [3.8, 4) is 0 Å².